The van der Waals surface area contributed by atoms with Gasteiger partial charge in [-0.25, -0.2) is 8.42 Å². The van der Waals surface area contributed by atoms with E-state index in [9.17, 15) is 13.2 Å². The zero-order chi connectivity index (χ0) is 23.3. The highest BCUT2D eigenvalue weighted by Gasteiger charge is 2.20. The lowest BCUT2D eigenvalue weighted by Crippen LogP contribution is -2.33. The van der Waals surface area contributed by atoms with Gasteiger partial charge in [0.15, 0.2) is 0 Å². The lowest BCUT2D eigenvalue weighted by Gasteiger charge is -2.16. The van der Waals surface area contributed by atoms with Gasteiger partial charge in [-0.1, -0.05) is 54.1 Å². The van der Waals surface area contributed by atoms with E-state index in [-0.39, 0.29) is 16.8 Å². The van der Waals surface area contributed by atoms with Gasteiger partial charge >= 0.3 is 0 Å². The van der Waals surface area contributed by atoms with Crippen LogP contribution in [0.15, 0.2) is 71.6 Å². The van der Waals surface area contributed by atoms with Crippen molar-refractivity contribution in [3.63, 3.8) is 0 Å². The number of sulfonamides is 1. The molecule has 6 heteroatoms. The number of hydrogen-bond acceptors (Lipinski definition) is 3. The summed E-state index contributed by atoms with van der Waals surface area (Å²) in [6, 6.07) is 20.4. The Labute approximate surface area is 190 Å². The summed E-state index contributed by atoms with van der Waals surface area (Å²) in [7, 11) is -3.84. The average molecular weight is 451 g/mol. The van der Waals surface area contributed by atoms with Gasteiger partial charge in [-0.05, 0) is 75.4 Å². The van der Waals surface area contributed by atoms with Crippen molar-refractivity contribution in [3.05, 3.63) is 94.5 Å². The van der Waals surface area contributed by atoms with Crippen LogP contribution in [0, 0.1) is 20.8 Å². The molecule has 32 heavy (non-hydrogen) atoms. The summed E-state index contributed by atoms with van der Waals surface area (Å²) in [5, 5.41) is 2.98. The van der Waals surface area contributed by atoms with Crippen LogP contribution in [0.25, 0.3) is 0 Å². The zero-order valence-corrected chi connectivity index (χ0v) is 19.8. The quantitative estimate of drug-likeness (QED) is 0.497. The Balaban J connectivity index is 1.73. The third kappa shape index (κ3) is 5.98. The van der Waals surface area contributed by atoms with E-state index >= 15 is 0 Å². The monoisotopic (exact) mass is 450 g/mol. The van der Waals surface area contributed by atoms with E-state index in [1.165, 1.54) is 11.6 Å². The van der Waals surface area contributed by atoms with Crippen LogP contribution >= 0.6 is 0 Å². The van der Waals surface area contributed by atoms with E-state index in [1.54, 1.807) is 25.1 Å². The SMILES string of the molecule is Cc1ccc(NS(=O)(=O)c2cc(C(=O)N[C@@H](C)CCc3ccccc3)ccc2C)c(C)c1. The second-order valence-corrected chi connectivity index (χ2v) is 9.95. The van der Waals surface area contributed by atoms with Gasteiger partial charge in [-0.3, -0.25) is 9.52 Å². The molecule has 0 unspecified atom stereocenters. The van der Waals surface area contributed by atoms with Crippen LogP contribution < -0.4 is 10.0 Å². The molecule has 3 rings (SSSR count). The van der Waals surface area contributed by atoms with Crippen LogP contribution in [0.3, 0.4) is 0 Å². The number of rotatable bonds is 8. The van der Waals surface area contributed by atoms with Gasteiger partial charge in [-0.15, -0.1) is 0 Å². The second kappa shape index (κ2) is 10.0. The largest absolute Gasteiger partial charge is 0.350 e. The maximum Gasteiger partial charge on any atom is 0.262 e. The molecule has 3 aromatic carbocycles. The molecule has 0 aliphatic heterocycles. The zero-order valence-electron chi connectivity index (χ0n) is 19.0. The summed E-state index contributed by atoms with van der Waals surface area (Å²) in [6.45, 7) is 7.49. The number of hydrogen-bond donors (Lipinski definition) is 2. The highest BCUT2D eigenvalue weighted by molar-refractivity contribution is 7.92. The molecule has 2 N–H and O–H groups in total. The molecule has 0 aliphatic carbocycles. The molecule has 0 bridgehead atoms. The van der Waals surface area contributed by atoms with Gasteiger partial charge < -0.3 is 5.32 Å². The summed E-state index contributed by atoms with van der Waals surface area (Å²) < 4.78 is 28.8. The Morgan fingerprint density at radius 1 is 0.906 bits per heavy atom. The Morgan fingerprint density at radius 3 is 2.31 bits per heavy atom. The number of aryl methyl sites for hydroxylation is 4. The maximum atomic E-state index is 13.1. The molecule has 1 amide bonds. The molecular formula is C26H30N2O3S. The van der Waals surface area contributed by atoms with Gasteiger partial charge in [0.05, 0.1) is 10.6 Å². The molecule has 0 fully saturated rings. The summed E-state index contributed by atoms with van der Waals surface area (Å²) in [6.07, 6.45) is 1.65. The van der Waals surface area contributed by atoms with Crippen LogP contribution in [0.5, 0.6) is 0 Å². The molecule has 3 aromatic rings. The van der Waals surface area contributed by atoms with Crippen molar-refractivity contribution in [2.24, 2.45) is 0 Å². The molecule has 0 saturated carbocycles. The van der Waals surface area contributed by atoms with Gasteiger partial charge in [0.25, 0.3) is 15.9 Å². The van der Waals surface area contributed by atoms with Crippen molar-refractivity contribution in [1.29, 1.82) is 0 Å². The summed E-state index contributed by atoms with van der Waals surface area (Å²) in [5.74, 6) is -0.284. The number of amides is 1. The first-order valence-corrected chi connectivity index (χ1v) is 12.2. The molecular weight excluding hydrogens is 420 g/mol. The van der Waals surface area contributed by atoms with Gasteiger partial charge in [0.1, 0.15) is 0 Å². The fraction of sp³-hybridized carbons (Fsp3) is 0.269. The Morgan fingerprint density at radius 2 is 1.62 bits per heavy atom. The predicted octanol–water partition coefficient (Wildman–Crippen LogP) is 5.16. The first kappa shape index (κ1) is 23.5. The number of carbonyl (C=O) groups is 1. The fourth-order valence-corrected chi connectivity index (χ4v) is 4.97. The number of anilines is 1. The van der Waals surface area contributed by atoms with Crippen molar-refractivity contribution in [2.45, 2.75) is 51.5 Å². The topological polar surface area (TPSA) is 75.3 Å². The Kier molecular flexibility index (Phi) is 7.36. The van der Waals surface area contributed by atoms with E-state index in [2.05, 4.69) is 22.2 Å². The second-order valence-electron chi connectivity index (χ2n) is 8.30. The van der Waals surface area contributed by atoms with E-state index < -0.39 is 10.0 Å². The fourth-order valence-electron chi connectivity index (χ4n) is 3.57. The van der Waals surface area contributed by atoms with Gasteiger partial charge in [0, 0.05) is 11.6 Å². The molecule has 0 heterocycles. The Bertz CT molecular complexity index is 1200. The van der Waals surface area contributed by atoms with Crippen LogP contribution in [0.1, 0.15) is 46.0 Å². The average Bonchev–Trinajstić information content (AvgIpc) is 2.75. The van der Waals surface area contributed by atoms with Crippen molar-refractivity contribution in [3.8, 4) is 0 Å². The molecule has 168 valence electrons. The smallest absolute Gasteiger partial charge is 0.262 e. The summed E-state index contributed by atoms with van der Waals surface area (Å²) in [5.41, 5.74) is 4.54. The summed E-state index contributed by atoms with van der Waals surface area (Å²) in [4.78, 5) is 12.9. The van der Waals surface area contributed by atoms with Crippen molar-refractivity contribution >= 4 is 21.6 Å². The summed E-state index contributed by atoms with van der Waals surface area (Å²) >= 11 is 0. The lowest BCUT2D eigenvalue weighted by atomic mass is 10.1. The van der Waals surface area contributed by atoms with Gasteiger partial charge in [0.2, 0.25) is 0 Å². The lowest BCUT2D eigenvalue weighted by molar-refractivity contribution is 0.0938. The number of benzene rings is 3. The minimum absolute atomic E-state index is 0.0441. The predicted molar refractivity (Wildman–Crippen MR) is 130 cm³/mol. The van der Waals surface area contributed by atoms with Gasteiger partial charge in [-0.2, -0.15) is 0 Å². The molecule has 0 aliphatic rings. The molecule has 0 radical (unpaired) electrons. The number of carbonyl (C=O) groups excluding carboxylic acids is 1. The first-order chi connectivity index (χ1) is 15.2. The highest BCUT2D eigenvalue weighted by atomic mass is 32.2. The van der Waals surface area contributed by atoms with E-state index in [4.69, 9.17) is 0 Å². The van der Waals surface area contributed by atoms with Crippen LogP contribution in [0.2, 0.25) is 0 Å². The minimum Gasteiger partial charge on any atom is -0.350 e. The van der Waals surface area contributed by atoms with Crippen LogP contribution in [-0.2, 0) is 16.4 Å². The van der Waals surface area contributed by atoms with E-state index in [1.807, 2.05) is 51.1 Å². The van der Waals surface area contributed by atoms with E-state index in [0.29, 0.717) is 16.8 Å². The van der Waals surface area contributed by atoms with Crippen LogP contribution in [0.4, 0.5) is 5.69 Å². The number of nitrogens with one attached hydrogen (secondary N) is 2. The third-order valence-corrected chi connectivity index (χ3v) is 6.96. The standard InChI is InChI=1S/C26H30N2O3S/c1-18-10-15-24(20(3)16-18)28-32(30,31)25-17-23(14-11-19(25)2)26(29)27-21(4)12-13-22-8-6-5-7-9-22/h5-11,14-17,21,28H,12-13H2,1-4H3,(H,27,29)/t21-/m0/s1. The third-order valence-electron chi connectivity index (χ3n) is 5.45. The minimum atomic E-state index is -3.84. The molecule has 0 spiro atoms. The maximum absolute atomic E-state index is 13.1. The highest BCUT2D eigenvalue weighted by Crippen LogP contribution is 2.23. The van der Waals surface area contributed by atoms with Crippen molar-refractivity contribution < 1.29 is 13.2 Å². The molecule has 5 nitrogen and oxygen atoms in total. The van der Waals surface area contributed by atoms with Crippen LogP contribution in [-0.4, -0.2) is 20.4 Å². The normalized spacial score (nSPS) is 12.2. The van der Waals surface area contributed by atoms with Crippen molar-refractivity contribution in [1.82, 2.24) is 5.32 Å². The Hall–Kier alpha value is -3.12. The molecule has 1 atom stereocenters. The first-order valence-electron chi connectivity index (χ1n) is 10.7. The van der Waals surface area contributed by atoms with Crippen molar-refractivity contribution in [2.75, 3.05) is 4.72 Å². The molecule has 0 saturated heterocycles. The van der Waals surface area contributed by atoms with E-state index in [0.717, 1.165) is 24.0 Å². The molecule has 0 aromatic heterocycles.